The van der Waals surface area contributed by atoms with Crippen LogP contribution in [0.25, 0.3) is 83.9 Å². The van der Waals surface area contributed by atoms with Gasteiger partial charge in [-0.1, -0.05) is 130 Å². The van der Waals surface area contributed by atoms with Crippen LogP contribution in [-0.4, -0.2) is 19.6 Å². The first-order valence-electron chi connectivity index (χ1n) is 25.3. The van der Waals surface area contributed by atoms with Gasteiger partial charge in [0.2, 0.25) is 0 Å². The Hall–Kier alpha value is -7.04. The van der Waals surface area contributed by atoms with Crippen molar-refractivity contribution in [1.29, 1.82) is 0 Å². The summed E-state index contributed by atoms with van der Waals surface area (Å²) < 4.78 is 101. The fourth-order valence-corrected chi connectivity index (χ4v) is 7.85. The van der Waals surface area contributed by atoms with Crippen LogP contribution in [0.1, 0.15) is 59.3 Å². The molecule has 0 fully saturated rings. The number of imidazole rings is 1. The maximum Gasteiger partial charge on any atom is 0.149 e. The van der Waals surface area contributed by atoms with Gasteiger partial charge in [-0.05, 0) is 142 Å². The number of benzene rings is 7. The van der Waals surface area contributed by atoms with Crippen molar-refractivity contribution >= 4 is 11.0 Å². The van der Waals surface area contributed by atoms with Crippen molar-refractivity contribution in [1.82, 2.24) is 14.5 Å². The van der Waals surface area contributed by atoms with E-state index in [4.69, 9.17) is 26.4 Å². The Kier molecular flexibility index (Phi) is 6.64. The number of hydrogen-bond donors (Lipinski definition) is 1. The zero-order valence-electron chi connectivity index (χ0n) is 44.5. The summed E-state index contributed by atoms with van der Waals surface area (Å²) in [6.45, 7) is -8.85. The van der Waals surface area contributed by atoms with Gasteiger partial charge in [-0.15, -0.1) is 0 Å². The summed E-state index contributed by atoms with van der Waals surface area (Å²) in [5.74, 6) is 0.455. The van der Waals surface area contributed by atoms with E-state index in [0.29, 0.717) is 56.1 Å². The van der Waals surface area contributed by atoms with Gasteiger partial charge < -0.3 is 5.11 Å². The third-order valence-electron chi connectivity index (χ3n) is 10.7. The van der Waals surface area contributed by atoms with Crippen LogP contribution in [0.5, 0.6) is 5.75 Å². The number of fused-ring (bicyclic) bond motifs is 1. The lowest BCUT2D eigenvalue weighted by atomic mass is 9.86. The van der Waals surface area contributed by atoms with Gasteiger partial charge in [0.05, 0.1) is 22.3 Å². The van der Waals surface area contributed by atoms with E-state index >= 15 is 0 Å². The van der Waals surface area contributed by atoms with E-state index in [9.17, 15) is 5.11 Å². The van der Waals surface area contributed by atoms with E-state index < -0.39 is 32.8 Å². The first-order valence-corrected chi connectivity index (χ1v) is 19.3. The number of aromatic hydroxyl groups is 1. The monoisotopic (exact) mass is 777 g/mol. The smallest absolute Gasteiger partial charge is 0.149 e. The SMILES string of the molecule is [2H]C([2H])([2H])c1cc(-c2ccccc2)cc(-n2c(-c3cc(C)cc(C)c3O)nc3c(-c4cc(-c5ccccc5)cc(-c5cc(-c6ccc(C(C([2H])([2H])[2H])(C([2H])([2H])[2H])C([2H])([2H])[2H])cc6)ccn5)c4)cccc32)c1. The zero-order valence-corrected chi connectivity index (χ0v) is 32.5. The first kappa shape index (κ1) is 26.1. The summed E-state index contributed by atoms with van der Waals surface area (Å²) in [5, 5.41) is 11.7. The zero-order chi connectivity index (χ0) is 50.8. The lowest BCUT2D eigenvalue weighted by Crippen LogP contribution is -2.10. The van der Waals surface area contributed by atoms with Crippen LogP contribution in [0, 0.1) is 20.7 Å². The molecule has 0 bridgehead atoms. The molecule has 0 atom stereocenters. The number of rotatable bonds is 7. The second-order valence-electron chi connectivity index (χ2n) is 15.0. The van der Waals surface area contributed by atoms with Crippen LogP contribution >= 0.6 is 0 Å². The lowest BCUT2D eigenvalue weighted by Gasteiger charge is -2.19. The molecule has 2 aromatic heterocycles. The van der Waals surface area contributed by atoms with Gasteiger partial charge in [0.15, 0.2) is 0 Å². The molecule has 0 unspecified atom stereocenters. The second kappa shape index (κ2) is 15.0. The molecule has 9 rings (SSSR count). The Morgan fingerprint density at radius 2 is 1.22 bits per heavy atom. The molecule has 0 amide bonds. The van der Waals surface area contributed by atoms with Crippen molar-refractivity contribution in [2.45, 2.75) is 46.7 Å². The first-order chi connectivity index (χ1) is 33.5. The normalized spacial score (nSPS) is 15.5. The molecule has 4 nitrogen and oxygen atoms in total. The predicted octanol–water partition coefficient (Wildman–Crippen LogP) is 14.4. The Balaban J connectivity index is 1.24. The largest absolute Gasteiger partial charge is 0.507 e. The van der Waals surface area contributed by atoms with E-state index in [0.717, 1.165) is 38.9 Å². The second-order valence-corrected chi connectivity index (χ2v) is 15.0. The third kappa shape index (κ3) is 7.35. The number of phenolic OH excluding ortho intramolecular Hbond substituents is 1. The minimum Gasteiger partial charge on any atom is -0.507 e. The maximum absolute atomic E-state index is 11.7. The van der Waals surface area contributed by atoms with Gasteiger partial charge >= 0.3 is 0 Å². The molecule has 1 N–H and O–H groups in total. The van der Waals surface area contributed by atoms with E-state index in [1.54, 1.807) is 24.4 Å². The highest BCUT2D eigenvalue weighted by atomic mass is 16.3. The van der Waals surface area contributed by atoms with E-state index in [1.165, 1.54) is 24.3 Å². The van der Waals surface area contributed by atoms with Crippen LogP contribution in [-0.2, 0) is 5.41 Å². The van der Waals surface area contributed by atoms with Crippen molar-refractivity contribution in [3.63, 3.8) is 0 Å². The minimum absolute atomic E-state index is 0.0454. The van der Waals surface area contributed by atoms with Crippen molar-refractivity contribution in [3.8, 4) is 78.6 Å². The molecule has 0 saturated carbocycles. The van der Waals surface area contributed by atoms with Crippen molar-refractivity contribution < 1.29 is 21.6 Å². The number of phenols is 1. The summed E-state index contributed by atoms with van der Waals surface area (Å²) >= 11 is 0. The molecule has 0 spiro atoms. The van der Waals surface area contributed by atoms with Gasteiger partial charge in [-0.2, -0.15) is 0 Å². The number of para-hydroxylation sites is 1. The molecule has 2 heterocycles. The maximum atomic E-state index is 11.7. The number of aromatic nitrogens is 3. The summed E-state index contributed by atoms with van der Waals surface area (Å²) in [7, 11) is 0. The molecule has 0 radical (unpaired) electrons. The fourth-order valence-electron chi connectivity index (χ4n) is 7.85. The van der Waals surface area contributed by atoms with Crippen LogP contribution in [0.15, 0.2) is 170 Å². The van der Waals surface area contributed by atoms with Crippen LogP contribution in [0.2, 0.25) is 0 Å². The molecule has 7 aromatic carbocycles. The summed E-state index contributed by atoms with van der Waals surface area (Å²) in [5.41, 5.74) is 7.85. The van der Waals surface area contributed by atoms with E-state index in [2.05, 4.69) is 6.07 Å². The summed E-state index contributed by atoms with van der Waals surface area (Å²) in [6.07, 6.45) is 1.63. The van der Waals surface area contributed by atoms with Crippen molar-refractivity contribution in [2.24, 2.45) is 0 Å². The molecule has 9 aromatic rings. The molecule has 0 aliphatic carbocycles. The highest BCUT2D eigenvalue weighted by Crippen LogP contribution is 2.42. The van der Waals surface area contributed by atoms with Gasteiger partial charge in [-0.25, -0.2) is 4.98 Å². The molecule has 0 saturated heterocycles. The summed E-state index contributed by atoms with van der Waals surface area (Å²) in [6, 6.07) is 49.5. The number of nitrogens with zero attached hydrogens (tertiary/aromatic N) is 3. The molecule has 0 aliphatic rings. The molecule has 0 aliphatic heterocycles. The van der Waals surface area contributed by atoms with Crippen LogP contribution in [0.4, 0.5) is 0 Å². The number of aryl methyl sites for hydroxylation is 3. The Bertz CT molecular complexity index is 3410. The highest BCUT2D eigenvalue weighted by molar-refractivity contribution is 5.98. The molecular weight excluding hydrogens is 719 g/mol. The van der Waals surface area contributed by atoms with Crippen LogP contribution in [0.3, 0.4) is 0 Å². The van der Waals surface area contributed by atoms with Crippen molar-refractivity contribution in [2.75, 3.05) is 0 Å². The average molecular weight is 778 g/mol. The standard InChI is InChI=1S/C55H47N3O/c1-35-26-37(3)53(59)49(29-35)54-57-52-48(18-13-19-51(52)58(54)47-28-36(2)27-42(33-47)38-14-9-7-10-15-38)44-30-43(39-16-11-8-12-17-39)31-45(32-44)50-34-41(24-25-56-50)40-20-22-46(23-21-40)55(4,5)6/h7-34,59H,1-6H3/i2D3,4D3,5D3,6D3. The molecule has 288 valence electrons. The highest BCUT2D eigenvalue weighted by Gasteiger charge is 2.22. The average Bonchev–Trinajstić information content (AvgIpc) is 3.71. The number of pyridine rings is 1. The predicted molar refractivity (Wildman–Crippen MR) is 246 cm³/mol. The Morgan fingerprint density at radius 1 is 0.542 bits per heavy atom. The van der Waals surface area contributed by atoms with Crippen molar-refractivity contribution in [3.05, 3.63) is 192 Å². The molecule has 4 heteroatoms. The minimum atomic E-state index is -3.39. The van der Waals surface area contributed by atoms with Gasteiger partial charge in [0.1, 0.15) is 11.6 Å². The summed E-state index contributed by atoms with van der Waals surface area (Å²) in [4.78, 5) is 10.1. The topological polar surface area (TPSA) is 50.9 Å². The number of hydrogen-bond acceptors (Lipinski definition) is 3. The van der Waals surface area contributed by atoms with E-state index in [-0.39, 0.29) is 16.9 Å². The van der Waals surface area contributed by atoms with E-state index in [1.807, 2.05) is 134 Å². The van der Waals surface area contributed by atoms with Gasteiger partial charge in [0, 0.05) is 39.5 Å². The Labute approximate surface area is 364 Å². The molecular formula is C55H47N3O. The Morgan fingerprint density at radius 3 is 1.93 bits per heavy atom. The van der Waals surface area contributed by atoms with Gasteiger partial charge in [-0.3, -0.25) is 9.55 Å². The molecule has 59 heavy (non-hydrogen) atoms. The fraction of sp³-hybridized carbons (Fsp3) is 0.127. The lowest BCUT2D eigenvalue weighted by molar-refractivity contribution is 0.472. The van der Waals surface area contributed by atoms with Crippen LogP contribution < -0.4 is 0 Å². The third-order valence-corrected chi connectivity index (χ3v) is 10.7. The van der Waals surface area contributed by atoms with Gasteiger partial charge in [0.25, 0.3) is 0 Å². The quantitative estimate of drug-likeness (QED) is 0.175.